The zero-order valence-electron chi connectivity index (χ0n) is 7.20. The van der Waals surface area contributed by atoms with Crippen LogP contribution in [0.25, 0.3) is 0 Å². The molecular weight excluding hydrogens is 158 g/mol. The molecule has 3 N–H and O–H groups in total. The van der Waals surface area contributed by atoms with Gasteiger partial charge in [0.1, 0.15) is 6.10 Å². The molecule has 4 nitrogen and oxygen atoms in total. The van der Waals surface area contributed by atoms with E-state index in [-0.39, 0.29) is 19.3 Å². The summed E-state index contributed by atoms with van der Waals surface area (Å²) in [5.41, 5.74) is 0. The summed E-state index contributed by atoms with van der Waals surface area (Å²) in [4.78, 5) is 0. The number of aliphatic hydroxyl groups is 2. The summed E-state index contributed by atoms with van der Waals surface area (Å²) < 4.78 is 5.39. The molecule has 1 saturated heterocycles. The molecule has 1 aliphatic rings. The van der Waals surface area contributed by atoms with Crippen molar-refractivity contribution in [2.75, 3.05) is 26.3 Å². The van der Waals surface area contributed by atoms with Gasteiger partial charge in [0.05, 0.1) is 19.3 Å². The molecule has 1 heterocycles. The molecule has 0 spiro atoms. The minimum Gasteiger partial charge on any atom is -0.394 e. The van der Waals surface area contributed by atoms with Gasteiger partial charge in [0, 0.05) is 0 Å². The molecule has 1 fully saturated rings. The molecule has 0 aromatic heterocycles. The Kier molecular flexibility index (Phi) is 4.53. The highest BCUT2D eigenvalue weighted by Crippen LogP contribution is 2.07. The quantitative estimate of drug-likeness (QED) is 0.518. The highest BCUT2D eigenvalue weighted by atomic mass is 16.5. The molecule has 0 aromatic carbocycles. The van der Waals surface area contributed by atoms with Crippen LogP contribution in [0.4, 0.5) is 0 Å². The summed E-state index contributed by atoms with van der Waals surface area (Å²) in [6, 6.07) is 0. The smallest absolute Gasteiger partial charge is 0.100 e. The highest BCUT2D eigenvalue weighted by molar-refractivity contribution is 4.68. The number of ether oxygens (including phenoxy) is 1. The zero-order valence-corrected chi connectivity index (χ0v) is 7.20. The Balaban J connectivity index is 2.05. The summed E-state index contributed by atoms with van der Waals surface area (Å²) in [5, 5.41) is 20.7. The fourth-order valence-corrected chi connectivity index (χ4v) is 1.26. The highest BCUT2D eigenvalue weighted by Gasteiger charge is 2.14. The van der Waals surface area contributed by atoms with Crippen molar-refractivity contribution in [2.45, 2.75) is 25.0 Å². The van der Waals surface area contributed by atoms with Gasteiger partial charge in [0.15, 0.2) is 0 Å². The third-order valence-electron chi connectivity index (χ3n) is 2.02. The molecular formula is C8H17NO3. The molecule has 72 valence electrons. The van der Waals surface area contributed by atoms with E-state index in [9.17, 15) is 0 Å². The molecule has 0 amide bonds. The Morgan fingerprint density at radius 3 is 2.67 bits per heavy atom. The molecule has 0 aliphatic carbocycles. The van der Waals surface area contributed by atoms with Gasteiger partial charge in [-0.25, -0.2) is 0 Å². The second-order valence-electron chi connectivity index (χ2n) is 3.12. The first-order valence-corrected chi connectivity index (χ1v) is 4.44. The molecule has 12 heavy (non-hydrogen) atoms. The van der Waals surface area contributed by atoms with E-state index < -0.39 is 6.10 Å². The van der Waals surface area contributed by atoms with Crippen molar-refractivity contribution in [3.8, 4) is 0 Å². The van der Waals surface area contributed by atoms with Gasteiger partial charge < -0.3 is 20.3 Å². The normalized spacial score (nSPS) is 22.5. The van der Waals surface area contributed by atoms with Gasteiger partial charge in [-0.15, -0.1) is 0 Å². The minimum absolute atomic E-state index is 0.217. The van der Waals surface area contributed by atoms with E-state index in [1.165, 1.54) is 0 Å². The summed E-state index contributed by atoms with van der Waals surface area (Å²) in [6.45, 7) is 2.01. The van der Waals surface area contributed by atoms with Crippen LogP contribution in [0.1, 0.15) is 12.8 Å². The van der Waals surface area contributed by atoms with Gasteiger partial charge >= 0.3 is 0 Å². The van der Waals surface area contributed by atoms with Crippen LogP contribution in [0.2, 0.25) is 0 Å². The number of piperidine rings is 1. The van der Waals surface area contributed by atoms with E-state index >= 15 is 0 Å². The monoisotopic (exact) mass is 175 g/mol. The molecule has 0 unspecified atom stereocenters. The van der Waals surface area contributed by atoms with E-state index in [4.69, 9.17) is 14.9 Å². The molecule has 1 aliphatic heterocycles. The summed E-state index contributed by atoms with van der Waals surface area (Å²) in [5.74, 6) is 0. The third kappa shape index (κ3) is 3.49. The first-order valence-electron chi connectivity index (χ1n) is 4.44. The molecule has 1 atom stereocenters. The SMILES string of the molecule is OC[C@@H](O)COC1CCNCC1. The van der Waals surface area contributed by atoms with E-state index in [0.29, 0.717) is 0 Å². The predicted molar refractivity (Wildman–Crippen MR) is 44.9 cm³/mol. The van der Waals surface area contributed by atoms with Crippen LogP contribution in [0.3, 0.4) is 0 Å². The first kappa shape index (κ1) is 9.92. The summed E-state index contributed by atoms with van der Waals surface area (Å²) in [6.07, 6.45) is 1.53. The van der Waals surface area contributed by atoms with Crippen LogP contribution in [0.15, 0.2) is 0 Å². The predicted octanol–water partition coefficient (Wildman–Crippen LogP) is -0.892. The number of hydrogen-bond acceptors (Lipinski definition) is 4. The first-order chi connectivity index (χ1) is 5.83. The van der Waals surface area contributed by atoms with E-state index in [1.54, 1.807) is 0 Å². The number of rotatable bonds is 4. The number of nitrogens with one attached hydrogen (secondary N) is 1. The standard InChI is InChI=1S/C8H17NO3/c10-5-7(11)6-12-8-1-3-9-4-2-8/h7-11H,1-6H2/t7-/m1/s1. The van der Waals surface area contributed by atoms with Crippen molar-refractivity contribution in [2.24, 2.45) is 0 Å². The number of hydrogen-bond donors (Lipinski definition) is 3. The van der Waals surface area contributed by atoms with Gasteiger partial charge in [-0.3, -0.25) is 0 Å². The van der Waals surface area contributed by atoms with Crippen molar-refractivity contribution in [3.05, 3.63) is 0 Å². The Labute approximate surface area is 72.5 Å². The van der Waals surface area contributed by atoms with E-state index in [2.05, 4.69) is 5.32 Å². The molecule has 0 aromatic rings. The lowest BCUT2D eigenvalue weighted by Gasteiger charge is -2.23. The van der Waals surface area contributed by atoms with Gasteiger partial charge in [-0.05, 0) is 25.9 Å². The summed E-state index contributed by atoms with van der Waals surface area (Å²) >= 11 is 0. The zero-order chi connectivity index (χ0) is 8.81. The maximum absolute atomic E-state index is 9.00. The second kappa shape index (κ2) is 5.48. The average molecular weight is 175 g/mol. The topological polar surface area (TPSA) is 61.7 Å². The lowest BCUT2D eigenvalue weighted by atomic mass is 10.1. The van der Waals surface area contributed by atoms with E-state index in [1.807, 2.05) is 0 Å². The largest absolute Gasteiger partial charge is 0.394 e. The lowest BCUT2D eigenvalue weighted by Crippen LogP contribution is -2.34. The van der Waals surface area contributed by atoms with Crippen LogP contribution in [0, 0.1) is 0 Å². The van der Waals surface area contributed by atoms with Crippen LogP contribution < -0.4 is 5.32 Å². The van der Waals surface area contributed by atoms with Gasteiger partial charge in [0.25, 0.3) is 0 Å². The van der Waals surface area contributed by atoms with Crippen molar-refractivity contribution < 1.29 is 14.9 Å². The molecule has 0 radical (unpaired) electrons. The Morgan fingerprint density at radius 1 is 1.42 bits per heavy atom. The fraction of sp³-hybridized carbons (Fsp3) is 1.00. The van der Waals surface area contributed by atoms with Crippen molar-refractivity contribution in [1.29, 1.82) is 0 Å². The lowest BCUT2D eigenvalue weighted by molar-refractivity contribution is -0.0373. The van der Waals surface area contributed by atoms with E-state index in [0.717, 1.165) is 25.9 Å². The van der Waals surface area contributed by atoms with Crippen LogP contribution in [-0.4, -0.2) is 48.7 Å². The van der Waals surface area contributed by atoms with Crippen LogP contribution in [0.5, 0.6) is 0 Å². The number of aliphatic hydroxyl groups excluding tert-OH is 2. The van der Waals surface area contributed by atoms with Crippen molar-refractivity contribution in [3.63, 3.8) is 0 Å². The Morgan fingerprint density at radius 2 is 2.08 bits per heavy atom. The Hall–Kier alpha value is -0.160. The molecule has 1 rings (SSSR count). The maximum atomic E-state index is 9.00. The Bertz CT molecular complexity index is 115. The molecule has 0 bridgehead atoms. The fourth-order valence-electron chi connectivity index (χ4n) is 1.26. The second-order valence-corrected chi connectivity index (χ2v) is 3.12. The molecule has 4 heteroatoms. The van der Waals surface area contributed by atoms with Gasteiger partial charge in [-0.2, -0.15) is 0 Å². The maximum Gasteiger partial charge on any atom is 0.100 e. The van der Waals surface area contributed by atoms with Gasteiger partial charge in [0.2, 0.25) is 0 Å². The van der Waals surface area contributed by atoms with Crippen LogP contribution >= 0.6 is 0 Å². The third-order valence-corrected chi connectivity index (χ3v) is 2.02. The van der Waals surface area contributed by atoms with Gasteiger partial charge in [-0.1, -0.05) is 0 Å². The minimum atomic E-state index is -0.722. The summed E-state index contributed by atoms with van der Waals surface area (Å²) in [7, 11) is 0. The average Bonchev–Trinajstić information content (AvgIpc) is 2.16. The molecule has 0 saturated carbocycles. The van der Waals surface area contributed by atoms with Crippen molar-refractivity contribution >= 4 is 0 Å². The van der Waals surface area contributed by atoms with Crippen LogP contribution in [-0.2, 0) is 4.74 Å². The van der Waals surface area contributed by atoms with Crippen molar-refractivity contribution in [1.82, 2.24) is 5.32 Å².